The van der Waals surface area contributed by atoms with Gasteiger partial charge in [-0.2, -0.15) is 0 Å². The molecular weight excluding hydrogens is 546 g/mol. The van der Waals surface area contributed by atoms with Gasteiger partial charge in [0.1, 0.15) is 17.8 Å². The first-order valence-electron chi connectivity index (χ1n) is 12.8. The predicted molar refractivity (Wildman–Crippen MR) is 157 cm³/mol. The molecule has 1 aliphatic heterocycles. The van der Waals surface area contributed by atoms with Gasteiger partial charge in [-0.05, 0) is 40.4 Å². The van der Waals surface area contributed by atoms with Crippen LogP contribution in [-0.4, -0.2) is 52.9 Å². The highest BCUT2D eigenvalue weighted by atomic mass is 79.9. The number of aryl methyl sites for hydroxylation is 1. The van der Waals surface area contributed by atoms with E-state index in [-0.39, 0.29) is 24.6 Å². The van der Waals surface area contributed by atoms with E-state index in [0.717, 1.165) is 16.8 Å². The van der Waals surface area contributed by atoms with Crippen molar-refractivity contribution in [3.63, 3.8) is 0 Å². The lowest BCUT2D eigenvalue weighted by Gasteiger charge is -2.37. The van der Waals surface area contributed by atoms with Crippen LogP contribution in [0.25, 0.3) is 11.0 Å². The number of carbonyl (C=O) groups is 2. The molecule has 1 N–H and O–H groups in total. The Morgan fingerprint density at radius 1 is 1.24 bits per heavy atom. The second-order valence-corrected chi connectivity index (χ2v) is 10.2. The van der Waals surface area contributed by atoms with E-state index in [9.17, 15) is 14.4 Å². The van der Waals surface area contributed by atoms with E-state index in [2.05, 4.69) is 39.7 Å². The molecule has 3 heterocycles. The minimum Gasteiger partial charge on any atom is -0.369 e. The third-order valence-electron chi connectivity index (χ3n) is 6.36. The Hall–Kier alpha value is -3.46. The highest BCUT2D eigenvalue weighted by Crippen LogP contribution is 2.33. The molecule has 2 aromatic heterocycles. The first-order chi connectivity index (χ1) is 18.2. The number of likely N-dealkylation sites (tertiary alicyclic amines) is 1. The molecule has 3 aromatic rings. The molecule has 38 heavy (non-hydrogen) atoms. The van der Waals surface area contributed by atoms with Crippen LogP contribution in [0, 0.1) is 12.8 Å². The summed E-state index contributed by atoms with van der Waals surface area (Å²) in [7, 11) is 1.89. The minimum absolute atomic E-state index is 0.0347. The zero-order valence-electron chi connectivity index (χ0n) is 22.8. The van der Waals surface area contributed by atoms with Crippen molar-refractivity contribution < 1.29 is 9.59 Å². The molecule has 0 atom stereocenters. The normalized spacial score (nSPS) is 12.8. The number of hydrogen-bond donors (Lipinski definition) is 1. The second kappa shape index (κ2) is 12.9. The van der Waals surface area contributed by atoms with Crippen molar-refractivity contribution in [3.05, 3.63) is 80.7 Å². The van der Waals surface area contributed by atoms with Gasteiger partial charge in [-0.3, -0.25) is 19.0 Å². The molecule has 2 amide bonds. The first kappa shape index (κ1) is 29.1. The zero-order chi connectivity index (χ0) is 28.0. The van der Waals surface area contributed by atoms with Gasteiger partial charge in [0.15, 0.2) is 0 Å². The van der Waals surface area contributed by atoms with Crippen molar-refractivity contribution in [2.75, 3.05) is 31.6 Å². The maximum absolute atomic E-state index is 13.6. The van der Waals surface area contributed by atoms with Gasteiger partial charge in [-0.15, -0.1) is 6.58 Å². The van der Waals surface area contributed by atoms with Crippen molar-refractivity contribution >= 4 is 44.5 Å². The summed E-state index contributed by atoms with van der Waals surface area (Å²) in [5.41, 5.74) is 2.58. The van der Waals surface area contributed by atoms with Crippen LogP contribution in [0.1, 0.15) is 42.3 Å². The van der Waals surface area contributed by atoms with Gasteiger partial charge in [-0.25, -0.2) is 4.98 Å². The molecule has 1 aromatic carbocycles. The molecule has 0 radical (unpaired) electrons. The van der Waals surface area contributed by atoms with E-state index in [0.29, 0.717) is 41.1 Å². The molecule has 1 fully saturated rings. The van der Waals surface area contributed by atoms with Crippen LogP contribution < -0.4 is 15.8 Å². The van der Waals surface area contributed by atoms with Gasteiger partial charge in [0.2, 0.25) is 5.91 Å². The summed E-state index contributed by atoms with van der Waals surface area (Å²) < 4.78 is 2.03. The number of nitrogens with one attached hydrogen (secondary N) is 1. The Morgan fingerprint density at radius 3 is 2.50 bits per heavy atom. The fourth-order valence-corrected chi connectivity index (χ4v) is 5.00. The summed E-state index contributed by atoms with van der Waals surface area (Å²) in [6.45, 7) is 13.8. The Kier molecular flexibility index (Phi) is 9.85. The van der Waals surface area contributed by atoms with Crippen molar-refractivity contribution in [3.8, 4) is 0 Å². The van der Waals surface area contributed by atoms with Gasteiger partial charge in [-0.1, -0.05) is 56.7 Å². The third-order valence-corrected chi connectivity index (χ3v) is 6.94. The molecule has 0 unspecified atom stereocenters. The number of hydrogen-bond acceptors (Lipinski definition) is 5. The van der Waals surface area contributed by atoms with Gasteiger partial charge in [0.05, 0.1) is 10.2 Å². The van der Waals surface area contributed by atoms with E-state index < -0.39 is 11.5 Å². The summed E-state index contributed by atoms with van der Waals surface area (Å²) in [6, 6.07) is 9.38. The summed E-state index contributed by atoms with van der Waals surface area (Å²) in [4.78, 5) is 47.9. The number of likely N-dealkylation sites (N-methyl/N-ethyl adjacent to an activating group) is 1. The Balaban J connectivity index is 0.00000195. The predicted octanol–water partition coefficient (Wildman–Crippen LogP) is 4.52. The lowest BCUT2D eigenvalue weighted by molar-refractivity contribution is -0.137. The molecule has 1 aliphatic rings. The average molecular weight is 583 g/mol. The molecule has 0 spiro atoms. The molecule has 0 saturated carbocycles. The number of aromatic nitrogens is 2. The number of halogens is 1. The molecule has 9 heteroatoms. The number of pyridine rings is 2. The molecule has 0 bridgehead atoms. The minimum atomic E-state index is -0.544. The van der Waals surface area contributed by atoms with Gasteiger partial charge in [0, 0.05) is 44.8 Å². The van der Waals surface area contributed by atoms with E-state index >= 15 is 0 Å². The number of anilines is 1. The largest absolute Gasteiger partial charge is 0.369 e. The molecule has 0 aliphatic carbocycles. The molecule has 202 valence electrons. The van der Waals surface area contributed by atoms with Crippen LogP contribution in [0.15, 0.2) is 58.5 Å². The van der Waals surface area contributed by atoms with Gasteiger partial charge >= 0.3 is 0 Å². The summed E-state index contributed by atoms with van der Waals surface area (Å²) in [5.74, 6) is -0.229. The van der Waals surface area contributed by atoms with Crippen LogP contribution in [0.5, 0.6) is 0 Å². The van der Waals surface area contributed by atoms with Gasteiger partial charge in [0.25, 0.3) is 11.5 Å². The Morgan fingerprint density at radius 2 is 1.89 bits per heavy atom. The summed E-state index contributed by atoms with van der Waals surface area (Å²) in [5, 5.41) is 3.45. The lowest BCUT2D eigenvalue weighted by Crippen LogP contribution is -2.50. The van der Waals surface area contributed by atoms with E-state index in [1.54, 1.807) is 23.2 Å². The fraction of sp³-hybridized carbons (Fsp3) is 0.379. The number of benzene rings is 1. The molecular formula is C29H36BrN5O3. The van der Waals surface area contributed by atoms with Crippen LogP contribution in [0.2, 0.25) is 0 Å². The highest BCUT2D eigenvalue weighted by Gasteiger charge is 2.29. The van der Waals surface area contributed by atoms with Crippen molar-refractivity contribution in [2.24, 2.45) is 5.92 Å². The highest BCUT2D eigenvalue weighted by molar-refractivity contribution is 9.10. The number of amides is 2. The van der Waals surface area contributed by atoms with Gasteiger partial charge < -0.3 is 15.1 Å². The Bertz CT molecular complexity index is 1380. The van der Waals surface area contributed by atoms with Crippen molar-refractivity contribution in [1.82, 2.24) is 19.8 Å². The van der Waals surface area contributed by atoms with Crippen LogP contribution >= 0.6 is 15.9 Å². The van der Waals surface area contributed by atoms with Crippen molar-refractivity contribution in [1.29, 1.82) is 0 Å². The maximum atomic E-state index is 13.6. The van der Waals surface area contributed by atoms with Crippen LogP contribution in [0.3, 0.4) is 0 Å². The third kappa shape index (κ3) is 6.32. The quantitative estimate of drug-likeness (QED) is 0.395. The SMILES string of the molecule is C=CCN(C)c1c(Br)cnc2c1cc(C(=O)NCc1ccc(C)cc1)c(=O)n2CC(=O)N1CC(C)C1.CC. The average Bonchev–Trinajstić information content (AvgIpc) is 2.88. The molecule has 1 saturated heterocycles. The van der Waals surface area contributed by atoms with Crippen LogP contribution in [0.4, 0.5) is 5.69 Å². The topological polar surface area (TPSA) is 87.5 Å². The summed E-state index contributed by atoms with van der Waals surface area (Å²) >= 11 is 3.56. The zero-order valence-corrected chi connectivity index (χ0v) is 24.3. The number of fused-ring (bicyclic) bond motifs is 1. The number of nitrogens with zero attached hydrogens (tertiary/aromatic N) is 4. The second-order valence-electron chi connectivity index (χ2n) is 9.38. The first-order valence-corrected chi connectivity index (χ1v) is 13.6. The Labute approximate surface area is 232 Å². The van der Waals surface area contributed by atoms with E-state index in [4.69, 9.17) is 0 Å². The molecule has 8 nitrogen and oxygen atoms in total. The summed E-state index contributed by atoms with van der Waals surface area (Å²) in [6.07, 6.45) is 3.37. The number of rotatable bonds is 8. The lowest BCUT2D eigenvalue weighted by atomic mass is 10.0. The standard InChI is InChI=1S/C27H30BrN5O3.C2H6/c1-5-10-31(4)24-20-11-21(26(35)30-12-19-8-6-17(2)7-9-19)27(36)33(25(20)29-13-22(24)28)16-23(34)32-14-18(3)15-32;1-2/h5-9,11,13,18H,1,10,12,14-16H2,2-4H3,(H,30,35);1-2H3. The fourth-order valence-electron chi connectivity index (χ4n) is 4.38. The smallest absolute Gasteiger partial charge is 0.265 e. The van der Waals surface area contributed by atoms with Crippen LogP contribution in [-0.2, 0) is 17.9 Å². The maximum Gasteiger partial charge on any atom is 0.265 e. The molecule has 4 rings (SSSR count). The van der Waals surface area contributed by atoms with E-state index in [1.807, 2.05) is 57.0 Å². The van der Waals surface area contributed by atoms with Crippen molar-refractivity contribution in [2.45, 2.75) is 40.8 Å². The number of carbonyl (C=O) groups excluding carboxylic acids is 2. The van der Waals surface area contributed by atoms with E-state index in [1.165, 1.54) is 4.57 Å². The monoisotopic (exact) mass is 581 g/mol.